The summed E-state index contributed by atoms with van der Waals surface area (Å²) in [4.78, 5) is 32.5. The Morgan fingerprint density at radius 1 is 0.786 bits per heavy atom. The highest BCUT2D eigenvalue weighted by atomic mass is 16.5. The van der Waals surface area contributed by atoms with Crippen LogP contribution >= 0.6 is 0 Å². The van der Waals surface area contributed by atoms with E-state index in [9.17, 15) is 9.59 Å². The number of piperazine rings is 1. The quantitative estimate of drug-likeness (QED) is 0.748. The first-order valence-corrected chi connectivity index (χ1v) is 10.6. The van der Waals surface area contributed by atoms with E-state index in [2.05, 4.69) is 17.0 Å². The number of ether oxygens (including phenoxy) is 1. The monoisotopic (exact) mass is 385 g/mol. The van der Waals surface area contributed by atoms with Crippen LogP contribution in [0.4, 0.5) is 5.69 Å². The third-order valence-corrected chi connectivity index (χ3v) is 6.47. The van der Waals surface area contributed by atoms with Crippen molar-refractivity contribution in [2.24, 2.45) is 5.41 Å². The molecule has 3 aliphatic rings. The van der Waals surface area contributed by atoms with E-state index in [-0.39, 0.29) is 11.8 Å². The Balaban J connectivity index is 1.36. The summed E-state index contributed by atoms with van der Waals surface area (Å²) in [6.07, 6.45) is 5.96. The van der Waals surface area contributed by atoms with E-state index in [0.29, 0.717) is 13.1 Å². The van der Waals surface area contributed by atoms with Crippen LogP contribution in [0, 0.1) is 5.41 Å². The molecule has 3 fully saturated rings. The van der Waals surface area contributed by atoms with Crippen LogP contribution in [-0.4, -0.2) is 68.0 Å². The fourth-order valence-corrected chi connectivity index (χ4v) is 4.48. The first-order valence-electron chi connectivity index (χ1n) is 10.6. The molecule has 0 unspecified atom stereocenters. The second-order valence-corrected chi connectivity index (χ2v) is 8.27. The minimum atomic E-state index is -0.743. The van der Waals surface area contributed by atoms with Gasteiger partial charge in [-0.05, 0) is 49.9 Å². The van der Waals surface area contributed by atoms with Gasteiger partial charge in [-0.3, -0.25) is 9.59 Å². The molecule has 1 aromatic rings. The highest BCUT2D eigenvalue weighted by Crippen LogP contribution is 2.49. The third kappa shape index (κ3) is 3.69. The van der Waals surface area contributed by atoms with Gasteiger partial charge in [-0.1, -0.05) is 12.8 Å². The zero-order valence-corrected chi connectivity index (χ0v) is 16.9. The van der Waals surface area contributed by atoms with E-state index in [4.69, 9.17) is 4.74 Å². The minimum absolute atomic E-state index is 0.0659. The normalized spacial score (nSPS) is 21.8. The van der Waals surface area contributed by atoms with Crippen molar-refractivity contribution in [1.29, 1.82) is 0 Å². The number of anilines is 1. The van der Waals surface area contributed by atoms with E-state index in [0.717, 1.165) is 63.3 Å². The van der Waals surface area contributed by atoms with Gasteiger partial charge in [0.15, 0.2) is 0 Å². The molecule has 4 rings (SSSR count). The van der Waals surface area contributed by atoms with Gasteiger partial charge in [-0.25, -0.2) is 0 Å². The fraction of sp³-hybridized carbons (Fsp3) is 0.636. The van der Waals surface area contributed by atoms with Gasteiger partial charge in [0, 0.05) is 45.0 Å². The summed E-state index contributed by atoms with van der Waals surface area (Å²) in [5.41, 5.74) is 0.404. The number of amides is 2. The zero-order chi connectivity index (χ0) is 19.6. The number of benzene rings is 1. The average molecular weight is 386 g/mol. The van der Waals surface area contributed by atoms with E-state index < -0.39 is 5.41 Å². The summed E-state index contributed by atoms with van der Waals surface area (Å²) in [6.45, 7) is 4.59. The highest BCUT2D eigenvalue weighted by molar-refractivity contribution is 6.08. The molecule has 2 aliphatic heterocycles. The molecule has 1 saturated carbocycles. The van der Waals surface area contributed by atoms with Gasteiger partial charge < -0.3 is 19.4 Å². The standard InChI is InChI=1S/C22H31N3O3/c1-28-19-8-6-18(7-9-19)23-14-16-25(17-15-23)21(27)22(10-11-22)20(26)24-12-4-2-3-5-13-24/h6-9H,2-5,10-17H2,1H3. The lowest BCUT2D eigenvalue weighted by Gasteiger charge is -2.38. The Bertz CT molecular complexity index is 698. The number of likely N-dealkylation sites (tertiary alicyclic amines) is 1. The smallest absolute Gasteiger partial charge is 0.238 e. The van der Waals surface area contributed by atoms with Crippen LogP contribution in [0.5, 0.6) is 5.75 Å². The van der Waals surface area contributed by atoms with Crippen molar-refractivity contribution in [3.05, 3.63) is 24.3 Å². The van der Waals surface area contributed by atoms with Crippen molar-refractivity contribution >= 4 is 17.5 Å². The molecule has 0 bridgehead atoms. The number of hydrogen-bond donors (Lipinski definition) is 0. The molecular weight excluding hydrogens is 354 g/mol. The summed E-state index contributed by atoms with van der Waals surface area (Å²) >= 11 is 0. The van der Waals surface area contributed by atoms with E-state index in [1.165, 1.54) is 12.8 Å². The lowest BCUT2D eigenvalue weighted by atomic mass is 10.0. The molecule has 0 N–H and O–H groups in total. The summed E-state index contributed by atoms with van der Waals surface area (Å²) in [5, 5.41) is 0. The molecule has 0 radical (unpaired) electrons. The van der Waals surface area contributed by atoms with Crippen LogP contribution in [0.3, 0.4) is 0 Å². The number of nitrogens with zero attached hydrogens (tertiary/aromatic N) is 3. The SMILES string of the molecule is COc1ccc(N2CCN(C(=O)C3(C(=O)N4CCCCCC4)CC3)CC2)cc1. The van der Waals surface area contributed by atoms with Gasteiger partial charge in [0.2, 0.25) is 11.8 Å². The lowest BCUT2D eigenvalue weighted by molar-refractivity contribution is -0.149. The maximum Gasteiger partial charge on any atom is 0.238 e. The zero-order valence-electron chi connectivity index (χ0n) is 16.9. The minimum Gasteiger partial charge on any atom is -0.497 e. The third-order valence-electron chi connectivity index (χ3n) is 6.47. The molecule has 2 heterocycles. The van der Waals surface area contributed by atoms with Gasteiger partial charge in [-0.15, -0.1) is 0 Å². The van der Waals surface area contributed by atoms with Crippen molar-refractivity contribution in [3.63, 3.8) is 0 Å². The van der Waals surface area contributed by atoms with Gasteiger partial charge >= 0.3 is 0 Å². The molecule has 1 aliphatic carbocycles. The summed E-state index contributed by atoms with van der Waals surface area (Å²) in [6, 6.07) is 8.04. The fourth-order valence-electron chi connectivity index (χ4n) is 4.48. The Labute approximate surface area is 167 Å². The van der Waals surface area contributed by atoms with Crippen LogP contribution in [0.2, 0.25) is 0 Å². The van der Waals surface area contributed by atoms with Crippen LogP contribution in [0.25, 0.3) is 0 Å². The van der Waals surface area contributed by atoms with Crippen molar-refractivity contribution in [1.82, 2.24) is 9.80 Å². The van der Waals surface area contributed by atoms with Crippen molar-refractivity contribution in [3.8, 4) is 5.75 Å². The Morgan fingerprint density at radius 3 is 1.82 bits per heavy atom. The number of carbonyl (C=O) groups excluding carboxylic acids is 2. The Kier molecular flexibility index (Phi) is 5.47. The number of hydrogen-bond acceptors (Lipinski definition) is 4. The molecular formula is C22H31N3O3. The molecule has 28 heavy (non-hydrogen) atoms. The van der Waals surface area contributed by atoms with Crippen LogP contribution in [0.15, 0.2) is 24.3 Å². The summed E-state index contributed by atoms with van der Waals surface area (Å²) in [5.74, 6) is 1.01. The maximum atomic E-state index is 13.2. The number of methoxy groups -OCH3 is 1. The van der Waals surface area contributed by atoms with Crippen LogP contribution < -0.4 is 9.64 Å². The van der Waals surface area contributed by atoms with Gasteiger partial charge in [0.05, 0.1) is 7.11 Å². The molecule has 0 atom stereocenters. The summed E-state index contributed by atoms with van der Waals surface area (Å²) in [7, 11) is 1.67. The topological polar surface area (TPSA) is 53.1 Å². The molecule has 152 valence electrons. The van der Waals surface area contributed by atoms with Gasteiger partial charge in [0.1, 0.15) is 11.2 Å². The molecule has 6 heteroatoms. The van der Waals surface area contributed by atoms with E-state index in [1.54, 1.807) is 7.11 Å². The number of carbonyl (C=O) groups is 2. The molecule has 6 nitrogen and oxygen atoms in total. The molecule has 2 amide bonds. The largest absolute Gasteiger partial charge is 0.497 e. The molecule has 0 aromatic heterocycles. The first kappa shape index (κ1) is 19.1. The molecule has 1 aromatic carbocycles. The second kappa shape index (κ2) is 8.02. The van der Waals surface area contributed by atoms with E-state index >= 15 is 0 Å². The predicted molar refractivity (Wildman–Crippen MR) is 109 cm³/mol. The van der Waals surface area contributed by atoms with Crippen molar-refractivity contribution in [2.45, 2.75) is 38.5 Å². The van der Waals surface area contributed by atoms with Crippen LogP contribution in [-0.2, 0) is 9.59 Å². The lowest BCUT2D eigenvalue weighted by Crippen LogP contribution is -2.53. The Hall–Kier alpha value is -2.24. The van der Waals surface area contributed by atoms with Gasteiger partial charge in [-0.2, -0.15) is 0 Å². The second-order valence-electron chi connectivity index (χ2n) is 8.27. The summed E-state index contributed by atoms with van der Waals surface area (Å²) < 4.78 is 5.22. The maximum absolute atomic E-state index is 13.2. The average Bonchev–Trinajstić information content (AvgIpc) is 3.58. The van der Waals surface area contributed by atoms with Crippen LogP contribution in [0.1, 0.15) is 38.5 Å². The Morgan fingerprint density at radius 2 is 1.32 bits per heavy atom. The predicted octanol–water partition coefficient (Wildman–Crippen LogP) is 2.53. The first-order chi connectivity index (χ1) is 13.6. The van der Waals surface area contributed by atoms with Crippen molar-refractivity contribution in [2.75, 3.05) is 51.3 Å². The molecule has 0 spiro atoms. The van der Waals surface area contributed by atoms with E-state index in [1.807, 2.05) is 21.9 Å². The molecule has 2 saturated heterocycles. The van der Waals surface area contributed by atoms with Gasteiger partial charge in [0.25, 0.3) is 0 Å². The van der Waals surface area contributed by atoms with Crippen molar-refractivity contribution < 1.29 is 14.3 Å². The highest BCUT2D eigenvalue weighted by Gasteiger charge is 2.59. The number of rotatable bonds is 4.